The quantitative estimate of drug-likeness (QED) is 0.474. The van der Waals surface area contributed by atoms with Gasteiger partial charge in [0.05, 0.1) is 25.5 Å². The van der Waals surface area contributed by atoms with E-state index in [9.17, 15) is 0 Å². The van der Waals surface area contributed by atoms with Crippen molar-refractivity contribution in [2.24, 2.45) is 0 Å². The maximum Gasteiger partial charge on any atom is 0.232 e. The van der Waals surface area contributed by atoms with Gasteiger partial charge in [0.1, 0.15) is 0 Å². The second kappa shape index (κ2) is 9.36. The molecule has 0 bridgehead atoms. The van der Waals surface area contributed by atoms with Crippen LogP contribution in [0.5, 0.6) is 11.5 Å². The van der Waals surface area contributed by atoms with Crippen LogP contribution < -0.4 is 19.7 Å². The molecule has 0 amide bonds. The summed E-state index contributed by atoms with van der Waals surface area (Å²) in [5.74, 6) is 1.81. The van der Waals surface area contributed by atoms with Crippen LogP contribution >= 0.6 is 0 Å². The number of ether oxygens (including phenoxy) is 2. The standard InChI is InChI=1S/C27H34N4O2/c1-18(2)25-21-16-20(31-13-11-27(29-4,12-14-31)17-28-3)8-9-22(21)30-26(25)19-7-10-23(32-5)24(15-19)33-6/h7-10,15-16,18,29-30H,11-14,17H2,1-2,4-6H3. The van der Waals surface area contributed by atoms with Crippen LogP contribution in [-0.2, 0) is 0 Å². The van der Waals surface area contributed by atoms with E-state index in [1.165, 1.54) is 16.6 Å². The van der Waals surface area contributed by atoms with Gasteiger partial charge >= 0.3 is 0 Å². The first-order valence-electron chi connectivity index (χ1n) is 11.6. The zero-order valence-electron chi connectivity index (χ0n) is 20.3. The Morgan fingerprint density at radius 1 is 1.09 bits per heavy atom. The van der Waals surface area contributed by atoms with E-state index in [2.05, 4.69) is 58.2 Å². The molecule has 0 saturated carbocycles. The van der Waals surface area contributed by atoms with Crippen molar-refractivity contribution in [1.82, 2.24) is 10.3 Å². The van der Waals surface area contributed by atoms with Gasteiger partial charge in [-0.05, 0) is 67.8 Å². The molecule has 2 N–H and O–H groups in total. The van der Waals surface area contributed by atoms with Crippen LogP contribution in [0.1, 0.15) is 38.2 Å². The molecule has 1 aliphatic heterocycles. The predicted molar refractivity (Wildman–Crippen MR) is 136 cm³/mol. The van der Waals surface area contributed by atoms with E-state index in [-0.39, 0.29) is 5.54 Å². The normalized spacial score (nSPS) is 15.6. The van der Waals surface area contributed by atoms with Crippen molar-refractivity contribution in [3.05, 3.63) is 53.4 Å². The first kappa shape index (κ1) is 23.0. The molecule has 1 saturated heterocycles. The number of nitrogens with zero attached hydrogens (tertiary/aromatic N) is 2. The summed E-state index contributed by atoms with van der Waals surface area (Å²) in [6.07, 6.45) is 1.95. The summed E-state index contributed by atoms with van der Waals surface area (Å²) in [5, 5.41) is 4.68. The Bertz CT molecular complexity index is 1170. The maximum absolute atomic E-state index is 7.31. The third kappa shape index (κ3) is 4.26. The molecule has 33 heavy (non-hydrogen) atoms. The van der Waals surface area contributed by atoms with Gasteiger partial charge in [-0.3, -0.25) is 0 Å². The molecule has 3 aromatic rings. The molecule has 0 radical (unpaired) electrons. The molecule has 2 heterocycles. The number of rotatable bonds is 7. The number of hydrogen-bond donors (Lipinski definition) is 2. The van der Waals surface area contributed by atoms with Crippen LogP contribution in [0.2, 0.25) is 0 Å². The molecule has 1 fully saturated rings. The maximum atomic E-state index is 7.31. The number of benzene rings is 2. The Morgan fingerprint density at radius 2 is 1.82 bits per heavy atom. The number of anilines is 1. The number of methoxy groups -OCH3 is 2. The number of likely N-dealkylation sites (N-methyl/N-ethyl adjacent to an activating group) is 1. The SMILES string of the molecule is [C-]#[N+]CC1(NC)CCN(c2ccc3[nH]c(-c4ccc(OC)c(OC)c4)c(C(C)C)c3c2)CC1. The molecule has 6 heteroatoms. The number of piperidine rings is 1. The summed E-state index contributed by atoms with van der Waals surface area (Å²) in [4.78, 5) is 9.79. The third-order valence-corrected chi connectivity index (χ3v) is 7.07. The number of fused-ring (bicyclic) bond motifs is 1. The van der Waals surface area contributed by atoms with Crippen molar-refractivity contribution in [2.75, 3.05) is 45.8 Å². The van der Waals surface area contributed by atoms with Gasteiger partial charge in [-0.2, -0.15) is 0 Å². The van der Waals surface area contributed by atoms with Gasteiger partial charge in [0.2, 0.25) is 6.54 Å². The molecule has 0 spiro atoms. The van der Waals surface area contributed by atoms with Crippen LogP contribution in [0.3, 0.4) is 0 Å². The summed E-state index contributed by atoms with van der Waals surface area (Å²) < 4.78 is 11.0. The van der Waals surface area contributed by atoms with E-state index in [1.54, 1.807) is 14.2 Å². The summed E-state index contributed by atoms with van der Waals surface area (Å²) in [7, 11) is 5.31. The van der Waals surface area contributed by atoms with Gasteiger partial charge in [-0.1, -0.05) is 13.8 Å². The molecular formula is C27H34N4O2. The predicted octanol–water partition coefficient (Wildman–Crippen LogP) is 5.45. The van der Waals surface area contributed by atoms with Crippen molar-refractivity contribution in [3.63, 3.8) is 0 Å². The molecule has 0 aliphatic carbocycles. The van der Waals surface area contributed by atoms with E-state index in [4.69, 9.17) is 16.0 Å². The summed E-state index contributed by atoms with van der Waals surface area (Å²) in [5.41, 5.74) is 5.86. The van der Waals surface area contributed by atoms with Crippen LogP contribution in [0.4, 0.5) is 5.69 Å². The minimum atomic E-state index is -0.0554. The molecule has 4 rings (SSSR count). The molecular weight excluding hydrogens is 412 g/mol. The Labute approximate surface area is 196 Å². The average molecular weight is 447 g/mol. The molecule has 0 unspecified atom stereocenters. The van der Waals surface area contributed by atoms with Gasteiger partial charge in [-0.15, -0.1) is 0 Å². The fourth-order valence-electron chi connectivity index (χ4n) is 5.05. The van der Waals surface area contributed by atoms with Gasteiger partial charge in [0.25, 0.3) is 0 Å². The van der Waals surface area contributed by atoms with E-state index >= 15 is 0 Å². The number of H-pyrrole nitrogens is 1. The highest BCUT2D eigenvalue weighted by Crippen LogP contribution is 2.40. The van der Waals surface area contributed by atoms with Crippen molar-refractivity contribution in [2.45, 2.75) is 38.1 Å². The third-order valence-electron chi connectivity index (χ3n) is 7.07. The number of hydrogen-bond acceptors (Lipinski definition) is 4. The molecule has 1 aromatic heterocycles. The summed E-state index contributed by atoms with van der Waals surface area (Å²) >= 11 is 0. The minimum Gasteiger partial charge on any atom is -0.493 e. The zero-order valence-corrected chi connectivity index (χ0v) is 20.3. The van der Waals surface area contributed by atoms with Gasteiger partial charge in [0, 0.05) is 35.2 Å². The van der Waals surface area contributed by atoms with Crippen LogP contribution in [0.25, 0.3) is 27.0 Å². The lowest BCUT2D eigenvalue weighted by molar-refractivity contribution is 0.299. The Morgan fingerprint density at radius 3 is 2.42 bits per heavy atom. The first-order chi connectivity index (χ1) is 15.9. The molecule has 1 aliphatic rings. The van der Waals surface area contributed by atoms with Gasteiger partial charge in [-0.25, -0.2) is 6.57 Å². The lowest BCUT2D eigenvalue weighted by Gasteiger charge is -2.39. The second-order valence-corrected chi connectivity index (χ2v) is 9.20. The largest absolute Gasteiger partial charge is 0.493 e. The Balaban J connectivity index is 1.71. The van der Waals surface area contributed by atoms with Crippen molar-refractivity contribution < 1.29 is 9.47 Å². The fraction of sp³-hybridized carbons (Fsp3) is 0.444. The van der Waals surface area contributed by atoms with Crippen molar-refractivity contribution in [3.8, 4) is 22.8 Å². The summed E-state index contributed by atoms with van der Waals surface area (Å²) in [6, 6.07) is 12.8. The molecule has 174 valence electrons. The molecule has 6 nitrogen and oxygen atoms in total. The fourth-order valence-corrected chi connectivity index (χ4v) is 5.05. The number of nitrogens with one attached hydrogen (secondary N) is 2. The lowest BCUT2D eigenvalue weighted by atomic mass is 9.87. The lowest BCUT2D eigenvalue weighted by Crippen LogP contribution is -2.54. The van der Waals surface area contributed by atoms with E-state index in [1.807, 2.05) is 19.2 Å². The molecule has 0 atom stereocenters. The highest BCUT2D eigenvalue weighted by molar-refractivity contribution is 5.93. The number of aromatic amines is 1. The van der Waals surface area contributed by atoms with Crippen LogP contribution in [0.15, 0.2) is 36.4 Å². The highest BCUT2D eigenvalue weighted by atomic mass is 16.5. The highest BCUT2D eigenvalue weighted by Gasteiger charge is 2.36. The first-order valence-corrected chi connectivity index (χ1v) is 11.6. The van der Waals surface area contributed by atoms with Gasteiger partial charge < -0.3 is 29.5 Å². The zero-order chi connectivity index (χ0) is 23.6. The minimum absolute atomic E-state index is 0.0554. The smallest absolute Gasteiger partial charge is 0.232 e. The van der Waals surface area contributed by atoms with Crippen LogP contribution in [-0.4, -0.2) is 51.4 Å². The molecule has 2 aromatic carbocycles. The number of aromatic nitrogens is 1. The van der Waals surface area contributed by atoms with E-state index in [0.29, 0.717) is 12.5 Å². The van der Waals surface area contributed by atoms with Crippen molar-refractivity contribution in [1.29, 1.82) is 0 Å². The second-order valence-electron chi connectivity index (χ2n) is 9.20. The van der Waals surface area contributed by atoms with Crippen molar-refractivity contribution >= 4 is 16.6 Å². The van der Waals surface area contributed by atoms with E-state index < -0.39 is 0 Å². The van der Waals surface area contributed by atoms with Crippen LogP contribution in [0, 0.1) is 6.57 Å². The van der Waals surface area contributed by atoms with E-state index in [0.717, 1.165) is 54.2 Å². The topological polar surface area (TPSA) is 53.9 Å². The van der Waals surface area contributed by atoms with Gasteiger partial charge in [0.15, 0.2) is 11.5 Å². The Kier molecular flexibility index (Phi) is 6.53. The monoisotopic (exact) mass is 446 g/mol. The Hall–Kier alpha value is -3.17. The average Bonchev–Trinajstić information content (AvgIpc) is 3.23. The summed E-state index contributed by atoms with van der Waals surface area (Å²) in [6.45, 7) is 14.2.